The molecule has 1 aromatic heterocycles. The summed E-state index contributed by atoms with van der Waals surface area (Å²) in [5, 5.41) is 15.4. The van der Waals surface area contributed by atoms with Crippen molar-refractivity contribution in [1.29, 1.82) is 0 Å². The Bertz CT molecular complexity index is 885. The third kappa shape index (κ3) is 5.68. The number of carbonyl (C=O) groups is 2. The summed E-state index contributed by atoms with van der Waals surface area (Å²) < 4.78 is 1.64. The van der Waals surface area contributed by atoms with Gasteiger partial charge in [0, 0.05) is 24.7 Å². The smallest absolute Gasteiger partial charge is 0.233 e. The van der Waals surface area contributed by atoms with Crippen LogP contribution in [0.15, 0.2) is 29.4 Å². The number of aromatic nitrogens is 4. The van der Waals surface area contributed by atoms with Crippen LogP contribution in [0.1, 0.15) is 71.1 Å². The molecule has 9 heteroatoms. The number of anilines is 1. The second kappa shape index (κ2) is 10.9. The molecule has 2 aliphatic rings. The van der Waals surface area contributed by atoms with E-state index in [1.165, 1.54) is 57.2 Å². The van der Waals surface area contributed by atoms with Gasteiger partial charge in [-0.05, 0) is 60.4 Å². The molecular formula is C23H32N6O2S. The van der Waals surface area contributed by atoms with Gasteiger partial charge in [-0.2, -0.15) is 4.68 Å². The van der Waals surface area contributed by atoms with E-state index < -0.39 is 0 Å². The normalized spacial score (nSPS) is 17.8. The van der Waals surface area contributed by atoms with E-state index in [4.69, 9.17) is 0 Å². The minimum atomic E-state index is -0.115. The highest BCUT2D eigenvalue weighted by Gasteiger charge is 2.32. The fourth-order valence-corrected chi connectivity index (χ4v) is 5.70. The zero-order valence-electron chi connectivity index (χ0n) is 18.7. The fourth-order valence-electron chi connectivity index (χ4n) is 4.94. The Morgan fingerprint density at radius 1 is 1.00 bits per heavy atom. The van der Waals surface area contributed by atoms with Crippen LogP contribution in [0.3, 0.4) is 0 Å². The number of amides is 2. The molecule has 2 saturated carbocycles. The van der Waals surface area contributed by atoms with Crippen molar-refractivity contribution in [2.45, 2.75) is 88.4 Å². The number of hydrogen-bond donors (Lipinski definition) is 1. The van der Waals surface area contributed by atoms with E-state index in [1.54, 1.807) is 4.68 Å². The number of rotatable bonds is 7. The van der Waals surface area contributed by atoms with E-state index in [0.717, 1.165) is 31.4 Å². The van der Waals surface area contributed by atoms with Gasteiger partial charge in [0.25, 0.3) is 0 Å². The number of thioether (sulfide) groups is 1. The molecule has 1 aromatic carbocycles. The average molecular weight is 457 g/mol. The van der Waals surface area contributed by atoms with Gasteiger partial charge in [-0.1, -0.05) is 50.3 Å². The van der Waals surface area contributed by atoms with E-state index >= 15 is 0 Å². The second-order valence-corrected chi connectivity index (χ2v) is 9.72. The van der Waals surface area contributed by atoms with Crippen LogP contribution in [-0.4, -0.2) is 54.8 Å². The topological polar surface area (TPSA) is 93.0 Å². The molecule has 0 radical (unpaired) electrons. The molecule has 2 aliphatic carbocycles. The number of nitrogens with zero attached hydrogens (tertiary/aromatic N) is 5. The van der Waals surface area contributed by atoms with Crippen LogP contribution < -0.4 is 5.32 Å². The predicted octanol–water partition coefficient (Wildman–Crippen LogP) is 4.21. The Labute approximate surface area is 193 Å². The molecular weight excluding hydrogens is 424 g/mol. The molecule has 8 nitrogen and oxygen atoms in total. The lowest BCUT2D eigenvalue weighted by Gasteiger charge is -2.41. The van der Waals surface area contributed by atoms with Gasteiger partial charge in [0.15, 0.2) is 0 Å². The molecule has 2 fully saturated rings. The van der Waals surface area contributed by atoms with Crippen molar-refractivity contribution in [2.75, 3.05) is 11.1 Å². The van der Waals surface area contributed by atoms with Gasteiger partial charge in [-0.15, -0.1) is 5.10 Å². The number of carbonyl (C=O) groups excluding carboxylic acids is 2. The molecule has 1 N–H and O–H groups in total. The van der Waals surface area contributed by atoms with Gasteiger partial charge in [0.2, 0.25) is 17.0 Å². The van der Waals surface area contributed by atoms with E-state index in [0.29, 0.717) is 28.7 Å². The van der Waals surface area contributed by atoms with Crippen LogP contribution in [0, 0.1) is 0 Å². The van der Waals surface area contributed by atoms with Crippen LogP contribution in [0.5, 0.6) is 0 Å². The zero-order valence-corrected chi connectivity index (χ0v) is 19.5. The van der Waals surface area contributed by atoms with Crippen molar-refractivity contribution in [3.8, 4) is 5.69 Å². The standard InChI is InChI=1S/C23H32N6O2S/c1-17(30)24-18-12-14-21(15-13-18)29-23(25-26-27-29)32-16-22(31)28(19-8-4-2-5-9-19)20-10-6-3-7-11-20/h12-15,19-20H,2-11,16H2,1H3,(H,24,30). The van der Waals surface area contributed by atoms with E-state index in [1.807, 2.05) is 24.3 Å². The summed E-state index contributed by atoms with van der Waals surface area (Å²) in [7, 11) is 0. The number of tetrazole rings is 1. The molecule has 0 bridgehead atoms. The predicted molar refractivity (Wildman–Crippen MR) is 125 cm³/mol. The summed E-state index contributed by atoms with van der Waals surface area (Å²) in [6, 6.07) is 8.10. The lowest BCUT2D eigenvalue weighted by atomic mass is 9.88. The summed E-state index contributed by atoms with van der Waals surface area (Å²) in [6.07, 6.45) is 12.0. The lowest BCUT2D eigenvalue weighted by Crippen LogP contribution is -2.49. The molecule has 0 spiro atoms. The maximum Gasteiger partial charge on any atom is 0.233 e. The Morgan fingerprint density at radius 3 is 2.16 bits per heavy atom. The first kappa shape index (κ1) is 22.8. The lowest BCUT2D eigenvalue weighted by molar-refractivity contribution is -0.135. The molecule has 2 amide bonds. The van der Waals surface area contributed by atoms with E-state index in [9.17, 15) is 9.59 Å². The van der Waals surface area contributed by atoms with E-state index in [-0.39, 0.29) is 11.8 Å². The van der Waals surface area contributed by atoms with Crippen molar-refractivity contribution in [3.05, 3.63) is 24.3 Å². The maximum atomic E-state index is 13.4. The minimum Gasteiger partial charge on any atom is -0.336 e. The Morgan fingerprint density at radius 2 is 1.59 bits per heavy atom. The summed E-state index contributed by atoms with van der Waals surface area (Å²) >= 11 is 1.39. The quantitative estimate of drug-likeness (QED) is 0.628. The Balaban J connectivity index is 1.43. The molecule has 172 valence electrons. The third-order valence-electron chi connectivity index (χ3n) is 6.42. The van der Waals surface area contributed by atoms with Crippen LogP contribution in [0.25, 0.3) is 5.69 Å². The van der Waals surface area contributed by atoms with Crippen LogP contribution in [0.2, 0.25) is 0 Å². The van der Waals surface area contributed by atoms with Gasteiger partial charge in [0.1, 0.15) is 0 Å². The van der Waals surface area contributed by atoms with Gasteiger partial charge in [-0.3, -0.25) is 9.59 Å². The summed E-state index contributed by atoms with van der Waals surface area (Å²) in [4.78, 5) is 26.9. The van der Waals surface area contributed by atoms with Crippen molar-refractivity contribution >= 4 is 29.3 Å². The first-order chi connectivity index (χ1) is 15.6. The summed E-state index contributed by atoms with van der Waals surface area (Å²) in [5.74, 6) is 0.442. The molecule has 0 saturated heterocycles. The largest absolute Gasteiger partial charge is 0.336 e. The first-order valence-electron chi connectivity index (χ1n) is 11.7. The van der Waals surface area contributed by atoms with Crippen molar-refractivity contribution in [1.82, 2.24) is 25.1 Å². The number of benzene rings is 1. The van der Waals surface area contributed by atoms with E-state index in [2.05, 4.69) is 25.7 Å². The molecule has 2 aromatic rings. The fraction of sp³-hybridized carbons (Fsp3) is 0.609. The molecule has 4 rings (SSSR count). The van der Waals surface area contributed by atoms with Crippen LogP contribution in [-0.2, 0) is 9.59 Å². The van der Waals surface area contributed by atoms with Gasteiger partial charge >= 0.3 is 0 Å². The SMILES string of the molecule is CC(=O)Nc1ccc(-n2nnnc2SCC(=O)N(C2CCCCC2)C2CCCCC2)cc1. The molecule has 32 heavy (non-hydrogen) atoms. The van der Waals surface area contributed by atoms with Crippen molar-refractivity contribution in [3.63, 3.8) is 0 Å². The average Bonchev–Trinajstić information content (AvgIpc) is 3.28. The van der Waals surface area contributed by atoms with Crippen LogP contribution >= 0.6 is 11.8 Å². The van der Waals surface area contributed by atoms with Crippen LogP contribution in [0.4, 0.5) is 5.69 Å². The zero-order chi connectivity index (χ0) is 22.3. The van der Waals surface area contributed by atoms with Crippen molar-refractivity contribution < 1.29 is 9.59 Å². The maximum absolute atomic E-state index is 13.4. The minimum absolute atomic E-state index is 0.115. The number of hydrogen-bond acceptors (Lipinski definition) is 6. The van der Waals surface area contributed by atoms with Gasteiger partial charge in [0.05, 0.1) is 11.4 Å². The second-order valence-electron chi connectivity index (χ2n) is 8.77. The van der Waals surface area contributed by atoms with Crippen molar-refractivity contribution in [2.24, 2.45) is 0 Å². The Kier molecular flexibility index (Phi) is 7.78. The number of nitrogens with one attached hydrogen (secondary N) is 1. The first-order valence-corrected chi connectivity index (χ1v) is 12.7. The molecule has 0 unspecified atom stereocenters. The highest BCUT2D eigenvalue weighted by Crippen LogP contribution is 2.31. The summed E-state index contributed by atoms with van der Waals surface area (Å²) in [6.45, 7) is 1.48. The molecule has 0 atom stereocenters. The monoisotopic (exact) mass is 456 g/mol. The third-order valence-corrected chi connectivity index (χ3v) is 7.33. The highest BCUT2D eigenvalue weighted by molar-refractivity contribution is 7.99. The highest BCUT2D eigenvalue weighted by atomic mass is 32.2. The summed E-state index contributed by atoms with van der Waals surface area (Å²) in [5.41, 5.74) is 1.50. The molecule has 1 heterocycles. The molecule has 0 aliphatic heterocycles. The van der Waals surface area contributed by atoms with Gasteiger partial charge in [-0.25, -0.2) is 0 Å². The van der Waals surface area contributed by atoms with Gasteiger partial charge < -0.3 is 10.2 Å². The Hall–Kier alpha value is -2.42.